The van der Waals surface area contributed by atoms with Crippen LogP contribution in [0.4, 0.5) is 11.5 Å². The number of carbonyl (C=O) groups is 1. The third kappa shape index (κ3) is 1.96. The van der Waals surface area contributed by atoms with Crippen LogP contribution >= 0.6 is 0 Å². The molecule has 108 valence electrons. The number of nitrogens with zero attached hydrogens (tertiary/aromatic N) is 4. The molecule has 1 aliphatic carbocycles. The van der Waals surface area contributed by atoms with Crippen molar-refractivity contribution in [1.29, 1.82) is 0 Å². The van der Waals surface area contributed by atoms with Crippen molar-refractivity contribution >= 4 is 17.4 Å². The van der Waals surface area contributed by atoms with Gasteiger partial charge in [-0.15, -0.1) is 0 Å². The Labute approximate surface area is 120 Å². The van der Waals surface area contributed by atoms with Crippen LogP contribution < -0.4 is 9.80 Å². The predicted octanol–water partition coefficient (Wildman–Crippen LogP) is 2.29. The molecule has 1 aliphatic heterocycles. The number of likely N-dealkylation sites (N-methyl/N-ethyl adjacent to an activating group) is 1. The van der Waals surface area contributed by atoms with Crippen LogP contribution in [0.25, 0.3) is 0 Å². The van der Waals surface area contributed by atoms with Gasteiger partial charge in [0.15, 0.2) is 5.82 Å². The zero-order valence-electron chi connectivity index (χ0n) is 12.5. The van der Waals surface area contributed by atoms with Gasteiger partial charge in [0.1, 0.15) is 17.6 Å². The molecule has 0 bridgehead atoms. The number of anilines is 2. The molecule has 2 aliphatic rings. The quantitative estimate of drug-likeness (QED) is 0.830. The van der Waals surface area contributed by atoms with Crippen molar-refractivity contribution in [3.63, 3.8) is 0 Å². The van der Waals surface area contributed by atoms with E-state index in [2.05, 4.69) is 21.8 Å². The Kier molecular flexibility index (Phi) is 3.36. The summed E-state index contributed by atoms with van der Waals surface area (Å²) in [7, 11) is 1.83. The van der Waals surface area contributed by atoms with Crippen LogP contribution in [0.3, 0.4) is 0 Å². The Hall–Kier alpha value is -1.65. The van der Waals surface area contributed by atoms with Crippen molar-refractivity contribution in [1.82, 2.24) is 9.97 Å². The van der Waals surface area contributed by atoms with Crippen molar-refractivity contribution in [2.45, 2.75) is 58.0 Å². The Morgan fingerprint density at radius 1 is 1.35 bits per heavy atom. The van der Waals surface area contributed by atoms with Crippen LogP contribution in [0.2, 0.25) is 0 Å². The van der Waals surface area contributed by atoms with Crippen LogP contribution in [-0.4, -0.2) is 35.0 Å². The molecule has 0 N–H and O–H groups in total. The lowest BCUT2D eigenvalue weighted by molar-refractivity contribution is -0.120. The molecule has 0 unspecified atom stereocenters. The Balaban J connectivity index is 2.11. The maximum Gasteiger partial charge on any atom is 0.249 e. The topological polar surface area (TPSA) is 49.3 Å². The molecule has 0 spiro atoms. The predicted molar refractivity (Wildman–Crippen MR) is 79.0 cm³/mol. The van der Waals surface area contributed by atoms with Gasteiger partial charge in [0, 0.05) is 13.1 Å². The highest BCUT2D eigenvalue weighted by Gasteiger charge is 2.40. The lowest BCUT2D eigenvalue weighted by atomic mass is 10.0. The molecule has 3 rings (SSSR count). The second kappa shape index (κ2) is 5.04. The van der Waals surface area contributed by atoms with Gasteiger partial charge in [0.25, 0.3) is 0 Å². The van der Waals surface area contributed by atoms with E-state index in [9.17, 15) is 4.79 Å². The molecule has 0 aromatic carbocycles. The summed E-state index contributed by atoms with van der Waals surface area (Å²) in [5, 5.41) is 0. The molecule has 1 saturated carbocycles. The first-order chi connectivity index (χ1) is 9.63. The Morgan fingerprint density at radius 2 is 2.05 bits per heavy atom. The summed E-state index contributed by atoms with van der Waals surface area (Å²) < 4.78 is 0. The molecule has 0 saturated heterocycles. The van der Waals surface area contributed by atoms with E-state index < -0.39 is 0 Å². The number of fused-ring (bicyclic) bond motifs is 1. The van der Waals surface area contributed by atoms with E-state index in [-0.39, 0.29) is 11.9 Å². The largest absolute Gasteiger partial charge is 0.340 e. The van der Waals surface area contributed by atoms with Crippen molar-refractivity contribution < 1.29 is 4.79 Å². The van der Waals surface area contributed by atoms with E-state index in [4.69, 9.17) is 0 Å². The maximum atomic E-state index is 12.6. The van der Waals surface area contributed by atoms with Crippen LogP contribution in [-0.2, 0) is 4.79 Å². The van der Waals surface area contributed by atoms with Crippen molar-refractivity contribution in [2.75, 3.05) is 16.8 Å². The maximum absolute atomic E-state index is 12.6. The van der Waals surface area contributed by atoms with Gasteiger partial charge in [-0.2, -0.15) is 0 Å². The zero-order valence-corrected chi connectivity index (χ0v) is 12.5. The molecule has 1 aromatic rings. The number of aryl methyl sites for hydroxylation is 1. The molecule has 20 heavy (non-hydrogen) atoms. The fourth-order valence-corrected chi connectivity index (χ4v) is 3.47. The Morgan fingerprint density at radius 3 is 2.70 bits per heavy atom. The normalized spacial score (nSPS) is 23.4. The highest BCUT2D eigenvalue weighted by molar-refractivity contribution is 6.04. The smallest absolute Gasteiger partial charge is 0.249 e. The fourth-order valence-electron chi connectivity index (χ4n) is 3.47. The number of carbonyl (C=O) groups excluding carboxylic acids is 1. The molecule has 1 amide bonds. The summed E-state index contributed by atoms with van der Waals surface area (Å²) in [6.45, 7) is 3.99. The van der Waals surface area contributed by atoms with E-state index in [0.717, 1.165) is 36.6 Å². The van der Waals surface area contributed by atoms with Gasteiger partial charge < -0.3 is 9.80 Å². The van der Waals surface area contributed by atoms with Crippen LogP contribution in [0.5, 0.6) is 0 Å². The molecule has 1 aromatic heterocycles. The van der Waals surface area contributed by atoms with E-state index in [1.54, 1.807) is 11.1 Å². The molecular formula is C15H22N4O. The Bertz CT molecular complexity index is 525. The minimum Gasteiger partial charge on any atom is -0.340 e. The first-order valence-electron chi connectivity index (χ1n) is 7.53. The minimum atomic E-state index is -0.0788. The molecule has 1 atom stereocenters. The molecule has 2 heterocycles. The average molecular weight is 274 g/mol. The molecular weight excluding hydrogens is 252 g/mol. The fraction of sp³-hybridized carbons (Fsp3) is 0.667. The van der Waals surface area contributed by atoms with E-state index in [0.29, 0.717) is 6.04 Å². The van der Waals surface area contributed by atoms with Crippen molar-refractivity contribution in [3.8, 4) is 0 Å². The highest BCUT2D eigenvalue weighted by Crippen LogP contribution is 2.39. The van der Waals surface area contributed by atoms with Gasteiger partial charge in [0.05, 0.1) is 6.20 Å². The van der Waals surface area contributed by atoms with Crippen LogP contribution in [0.1, 0.15) is 44.9 Å². The average Bonchev–Trinajstić information content (AvgIpc) is 2.96. The first kappa shape index (κ1) is 13.3. The molecule has 5 heteroatoms. The second-order valence-electron chi connectivity index (χ2n) is 5.79. The van der Waals surface area contributed by atoms with Crippen LogP contribution in [0, 0.1) is 6.92 Å². The lowest BCUT2D eigenvalue weighted by Crippen LogP contribution is -2.55. The van der Waals surface area contributed by atoms with E-state index >= 15 is 0 Å². The number of amides is 1. The number of aromatic nitrogens is 2. The van der Waals surface area contributed by atoms with Crippen molar-refractivity contribution in [2.24, 2.45) is 0 Å². The summed E-state index contributed by atoms with van der Waals surface area (Å²) in [6.07, 6.45) is 7.43. The van der Waals surface area contributed by atoms with Gasteiger partial charge in [-0.05, 0) is 26.2 Å². The second-order valence-corrected chi connectivity index (χ2v) is 5.79. The third-order valence-corrected chi connectivity index (χ3v) is 4.53. The number of rotatable bonds is 2. The van der Waals surface area contributed by atoms with Crippen molar-refractivity contribution in [3.05, 3.63) is 12.0 Å². The summed E-state index contributed by atoms with van der Waals surface area (Å²) in [5.74, 6) is 1.88. The van der Waals surface area contributed by atoms with Gasteiger partial charge in [0.2, 0.25) is 5.91 Å². The van der Waals surface area contributed by atoms with Gasteiger partial charge in [-0.1, -0.05) is 19.8 Å². The van der Waals surface area contributed by atoms with Gasteiger partial charge in [-0.3, -0.25) is 4.79 Å². The standard InChI is InChI=1S/C15H22N4O/c1-4-12-15(20)18(3)13-9-16-10(2)17-14(13)19(12)11-7-5-6-8-11/h9,11-12H,4-8H2,1-3H3/t12-/m1/s1. The molecule has 0 radical (unpaired) electrons. The minimum absolute atomic E-state index is 0.0788. The zero-order chi connectivity index (χ0) is 14.3. The number of hydrogen-bond acceptors (Lipinski definition) is 4. The lowest BCUT2D eigenvalue weighted by Gasteiger charge is -2.43. The van der Waals surface area contributed by atoms with Gasteiger partial charge >= 0.3 is 0 Å². The first-order valence-corrected chi connectivity index (χ1v) is 7.53. The SMILES string of the molecule is CC[C@@H]1C(=O)N(C)c2cnc(C)nc2N1C1CCCC1. The summed E-state index contributed by atoms with van der Waals surface area (Å²) in [4.78, 5) is 25.5. The van der Waals surface area contributed by atoms with Gasteiger partial charge in [-0.25, -0.2) is 9.97 Å². The molecule has 5 nitrogen and oxygen atoms in total. The summed E-state index contributed by atoms with van der Waals surface area (Å²) in [6, 6.07) is 0.371. The monoisotopic (exact) mass is 274 g/mol. The van der Waals surface area contributed by atoms with Crippen LogP contribution in [0.15, 0.2) is 6.20 Å². The van der Waals surface area contributed by atoms with E-state index in [1.807, 2.05) is 14.0 Å². The highest BCUT2D eigenvalue weighted by atomic mass is 16.2. The summed E-state index contributed by atoms with van der Waals surface area (Å²) >= 11 is 0. The van der Waals surface area contributed by atoms with E-state index in [1.165, 1.54) is 12.8 Å². The third-order valence-electron chi connectivity index (χ3n) is 4.53. The number of hydrogen-bond donors (Lipinski definition) is 0. The summed E-state index contributed by atoms with van der Waals surface area (Å²) in [5.41, 5.74) is 0.845. The molecule has 1 fully saturated rings.